The summed E-state index contributed by atoms with van der Waals surface area (Å²) in [5.41, 5.74) is 1.49. The van der Waals surface area contributed by atoms with Gasteiger partial charge in [0.1, 0.15) is 5.82 Å². The van der Waals surface area contributed by atoms with Gasteiger partial charge >= 0.3 is 5.97 Å². The molecule has 0 amide bonds. The van der Waals surface area contributed by atoms with E-state index in [1.165, 1.54) is 12.1 Å². The van der Waals surface area contributed by atoms with E-state index in [0.29, 0.717) is 23.3 Å². The van der Waals surface area contributed by atoms with Crippen LogP contribution in [0, 0.1) is 0 Å². The van der Waals surface area contributed by atoms with Crippen LogP contribution in [-0.4, -0.2) is 41.3 Å². The third-order valence-corrected chi connectivity index (χ3v) is 5.36. The Labute approximate surface area is 121 Å². The SMILES string of the molecule is O=C(O)c1ccc2nc(CCNS(=O)(=O)C3CC3)[nH]c2c1. The second-order valence-electron chi connectivity index (χ2n) is 5.11. The van der Waals surface area contributed by atoms with E-state index in [9.17, 15) is 13.2 Å². The Hall–Kier alpha value is -1.93. The fourth-order valence-electron chi connectivity index (χ4n) is 2.12. The van der Waals surface area contributed by atoms with E-state index < -0.39 is 16.0 Å². The number of nitrogens with one attached hydrogen (secondary N) is 2. The summed E-state index contributed by atoms with van der Waals surface area (Å²) >= 11 is 0. The number of sulfonamides is 1. The fourth-order valence-corrected chi connectivity index (χ4v) is 3.50. The highest BCUT2D eigenvalue weighted by atomic mass is 32.2. The normalized spacial score (nSPS) is 15.4. The molecule has 1 fully saturated rings. The molecule has 0 bridgehead atoms. The number of aromatic nitrogens is 2. The largest absolute Gasteiger partial charge is 0.478 e. The number of carbonyl (C=O) groups is 1. The summed E-state index contributed by atoms with van der Waals surface area (Å²) in [5.74, 6) is -0.365. The second-order valence-corrected chi connectivity index (χ2v) is 7.15. The van der Waals surface area contributed by atoms with E-state index in [-0.39, 0.29) is 17.4 Å². The molecule has 8 heteroatoms. The molecule has 2 aromatic rings. The van der Waals surface area contributed by atoms with Crippen molar-refractivity contribution in [2.75, 3.05) is 6.54 Å². The first kappa shape index (κ1) is 14.0. The molecule has 112 valence electrons. The fraction of sp³-hybridized carbons (Fsp3) is 0.385. The molecule has 1 aromatic carbocycles. The zero-order valence-electron chi connectivity index (χ0n) is 11.2. The molecule has 1 aliphatic rings. The standard InChI is InChI=1S/C13H15N3O4S/c17-13(18)8-1-4-10-11(7-8)16-12(15-10)5-6-14-21(19,20)9-2-3-9/h1,4,7,9,14H,2-3,5-6H2,(H,15,16)(H,17,18). The average Bonchev–Trinajstić information content (AvgIpc) is 3.19. The number of carboxylic acids is 1. The van der Waals surface area contributed by atoms with Crippen molar-refractivity contribution < 1.29 is 18.3 Å². The van der Waals surface area contributed by atoms with E-state index in [2.05, 4.69) is 14.7 Å². The van der Waals surface area contributed by atoms with Crippen LogP contribution in [0.25, 0.3) is 11.0 Å². The van der Waals surface area contributed by atoms with Gasteiger partial charge in [0.05, 0.1) is 21.8 Å². The second kappa shape index (κ2) is 5.12. The van der Waals surface area contributed by atoms with E-state index >= 15 is 0 Å². The molecule has 1 heterocycles. The van der Waals surface area contributed by atoms with Crippen molar-refractivity contribution in [1.29, 1.82) is 0 Å². The van der Waals surface area contributed by atoms with Crippen LogP contribution in [0.5, 0.6) is 0 Å². The number of hydrogen-bond acceptors (Lipinski definition) is 4. The Kier molecular flexibility index (Phi) is 3.42. The molecule has 0 atom stereocenters. The Bertz CT molecular complexity index is 793. The summed E-state index contributed by atoms with van der Waals surface area (Å²) < 4.78 is 25.9. The topological polar surface area (TPSA) is 112 Å². The van der Waals surface area contributed by atoms with Gasteiger partial charge in [-0.05, 0) is 31.0 Å². The summed E-state index contributed by atoms with van der Waals surface area (Å²) in [6.07, 6.45) is 1.90. The van der Waals surface area contributed by atoms with Crippen molar-refractivity contribution in [3.05, 3.63) is 29.6 Å². The monoisotopic (exact) mass is 309 g/mol. The van der Waals surface area contributed by atoms with Crippen molar-refractivity contribution in [3.63, 3.8) is 0 Å². The molecular weight excluding hydrogens is 294 g/mol. The van der Waals surface area contributed by atoms with Crippen LogP contribution >= 0.6 is 0 Å². The van der Waals surface area contributed by atoms with Crippen molar-refractivity contribution in [1.82, 2.24) is 14.7 Å². The van der Waals surface area contributed by atoms with Gasteiger partial charge in [-0.3, -0.25) is 0 Å². The van der Waals surface area contributed by atoms with Crippen LogP contribution in [0.1, 0.15) is 29.0 Å². The number of rotatable bonds is 6. The number of hydrogen-bond donors (Lipinski definition) is 3. The van der Waals surface area contributed by atoms with Gasteiger partial charge in [-0.2, -0.15) is 0 Å². The number of benzene rings is 1. The van der Waals surface area contributed by atoms with Crippen LogP contribution in [0.15, 0.2) is 18.2 Å². The van der Waals surface area contributed by atoms with Gasteiger partial charge in [-0.1, -0.05) is 0 Å². The first-order valence-corrected chi connectivity index (χ1v) is 8.21. The predicted molar refractivity (Wildman–Crippen MR) is 76.7 cm³/mol. The Morgan fingerprint density at radius 1 is 1.43 bits per heavy atom. The Morgan fingerprint density at radius 2 is 2.19 bits per heavy atom. The van der Waals surface area contributed by atoms with Crippen molar-refractivity contribution in [2.24, 2.45) is 0 Å². The molecule has 1 aromatic heterocycles. The molecule has 0 unspecified atom stereocenters. The van der Waals surface area contributed by atoms with Crippen LogP contribution in [-0.2, 0) is 16.4 Å². The first-order chi connectivity index (χ1) is 9.95. The summed E-state index contributed by atoms with van der Waals surface area (Å²) in [6, 6.07) is 4.64. The molecule has 3 rings (SSSR count). The zero-order chi connectivity index (χ0) is 15.0. The van der Waals surface area contributed by atoms with Crippen LogP contribution in [0.2, 0.25) is 0 Å². The van der Waals surface area contributed by atoms with E-state index in [0.717, 1.165) is 12.8 Å². The lowest BCUT2D eigenvalue weighted by atomic mass is 10.2. The lowest BCUT2D eigenvalue weighted by molar-refractivity contribution is 0.0697. The summed E-state index contributed by atoms with van der Waals surface area (Å²) in [4.78, 5) is 18.2. The maximum atomic E-state index is 11.7. The number of aromatic carboxylic acids is 1. The number of fused-ring (bicyclic) bond motifs is 1. The number of nitrogens with zero attached hydrogens (tertiary/aromatic N) is 1. The van der Waals surface area contributed by atoms with Crippen molar-refractivity contribution in [3.8, 4) is 0 Å². The highest BCUT2D eigenvalue weighted by Crippen LogP contribution is 2.27. The van der Waals surface area contributed by atoms with Gasteiger partial charge < -0.3 is 10.1 Å². The minimum Gasteiger partial charge on any atom is -0.478 e. The van der Waals surface area contributed by atoms with E-state index in [4.69, 9.17) is 5.11 Å². The van der Waals surface area contributed by atoms with Gasteiger partial charge in [0.15, 0.2) is 0 Å². The smallest absolute Gasteiger partial charge is 0.335 e. The quantitative estimate of drug-likeness (QED) is 0.733. The Balaban J connectivity index is 1.68. The zero-order valence-corrected chi connectivity index (χ0v) is 12.0. The molecule has 0 saturated heterocycles. The molecule has 0 radical (unpaired) electrons. The lowest BCUT2D eigenvalue weighted by Gasteiger charge is -2.03. The summed E-state index contributed by atoms with van der Waals surface area (Å²) in [7, 11) is -3.17. The van der Waals surface area contributed by atoms with E-state index in [1.807, 2.05) is 0 Å². The highest BCUT2D eigenvalue weighted by Gasteiger charge is 2.35. The molecule has 0 spiro atoms. The average molecular weight is 309 g/mol. The Morgan fingerprint density at radius 3 is 2.86 bits per heavy atom. The minimum absolute atomic E-state index is 0.187. The van der Waals surface area contributed by atoms with Crippen LogP contribution < -0.4 is 4.72 Å². The lowest BCUT2D eigenvalue weighted by Crippen LogP contribution is -2.29. The van der Waals surface area contributed by atoms with Gasteiger partial charge in [0.2, 0.25) is 10.0 Å². The van der Waals surface area contributed by atoms with Crippen LogP contribution in [0.4, 0.5) is 0 Å². The highest BCUT2D eigenvalue weighted by molar-refractivity contribution is 7.90. The van der Waals surface area contributed by atoms with E-state index in [1.54, 1.807) is 6.07 Å². The first-order valence-electron chi connectivity index (χ1n) is 6.66. The molecule has 0 aliphatic heterocycles. The van der Waals surface area contributed by atoms with Gasteiger partial charge in [0, 0.05) is 13.0 Å². The third kappa shape index (κ3) is 3.06. The van der Waals surface area contributed by atoms with Crippen molar-refractivity contribution in [2.45, 2.75) is 24.5 Å². The number of aromatic amines is 1. The molecule has 21 heavy (non-hydrogen) atoms. The summed E-state index contributed by atoms with van der Waals surface area (Å²) in [5, 5.41) is 8.70. The molecular formula is C13H15N3O4S. The number of imidazole rings is 1. The maximum Gasteiger partial charge on any atom is 0.335 e. The molecule has 1 aliphatic carbocycles. The molecule has 3 N–H and O–H groups in total. The van der Waals surface area contributed by atoms with Gasteiger partial charge in [0.25, 0.3) is 0 Å². The van der Waals surface area contributed by atoms with Crippen LogP contribution in [0.3, 0.4) is 0 Å². The molecule has 7 nitrogen and oxygen atoms in total. The van der Waals surface area contributed by atoms with Crippen molar-refractivity contribution >= 4 is 27.0 Å². The summed E-state index contributed by atoms with van der Waals surface area (Å²) in [6.45, 7) is 0.282. The predicted octanol–water partition coefficient (Wildman–Crippen LogP) is 0.885. The third-order valence-electron chi connectivity index (χ3n) is 3.41. The minimum atomic E-state index is -3.17. The number of H-pyrrole nitrogens is 1. The van der Waals surface area contributed by atoms with Gasteiger partial charge in [-0.15, -0.1) is 0 Å². The maximum absolute atomic E-state index is 11.7. The number of carboxylic acid groups (broad SMARTS) is 1. The van der Waals surface area contributed by atoms with Gasteiger partial charge in [-0.25, -0.2) is 22.9 Å². The molecule has 1 saturated carbocycles.